The van der Waals surface area contributed by atoms with E-state index in [0.29, 0.717) is 0 Å². The summed E-state index contributed by atoms with van der Waals surface area (Å²) in [5.74, 6) is 0. The van der Waals surface area contributed by atoms with Gasteiger partial charge in [-0.1, -0.05) is 12.2 Å². The number of rotatable bonds is 4. The van der Waals surface area contributed by atoms with Crippen molar-refractivity contribution < 1.29 is 0 Å². The molecule has 2 N–H and O–H groups in total. The molecule has 0 amide bonds. The highest BCUT2D eigenvalue weighted by Gasteiger charge is 2.21. The molecule has 1 aliphatic heterocycles. The summed E-state index contributed by atoms with van der Waals surface area (Å²) in [4.78, 5) is 4.34. The molecule has 0 radical (unpaired) electrons. The van der Waals surface area contributed by atoms with Crippen molar-refractivity contribution >= 4 is 34.7 Å². The third-order valence-corrected chi connectivity index (χ3v) is 4.02. The minimum Gasteiger partial charge on any atom is -0.357 e. The Bertz CT molecular complexity index is 339. The average Bonchev–Trinajstić information content (AvgIpc) is 2.46. The van der Waals surface area contributed by atoms with Gasteiger partial charge in [-0.05, 0) is 38.3 Å². The minimum absolute atomic E-state index is 0.191. The summed E-state index contributed by atoms with van der Waals surface area (Å²) in [7, 11) is 0. The van der Waals surface area contributed by atoms with Crippen LogP contribution >= 0.6 is 24.4 Å². The molecule has 0 aromatic heterocycles. The third-order valence-electron chi connectivity index (χ3n) is 3.26. The summed E-state index contributed by atoms with van der Waals surface area (Å²) >= 11 is 10.8. The molecule has 1 saturated heterocycles. The van der Waals surface area contributed by atoms with Gasteiger partial charge in [0.25, 0.3) is 0 Å². The highest BCUT2D eigenvalue weighted by molar-refractivity contribution is 7.80. The highest BCUT2D eigenvalue weighted by Crippen LogP contribution is 2.04. The fourth-order valence-corrected chi connectivity index (χ4v) is 2.54. The van der Waals surface area contributed by atoms with E-state index in [1.54, 1.807) is 0 Å². The molecule has 6 heteroatoms. The zero-order chi connectivity index (χ0) is 15.1. The van der Waals surface area contributed by atoms with E-state index in [-0.39, 0.29) is 12.1 Å². The molecule has 0 aromatic rings. The molecule has 2 atom stereocenters. The predicted molar refractivity (Wildman–Crippen MR) is 93.9 cm³/mol. The summed E-state index contributed by atoms with van der Waals surface area (Å²) in [6.45, 7) is 15.1. The normalized spacial score (nSPS) is 17.9. The molecule has 20 heavy (non-hydrogen) atoms. The zero-order valence-electron chi connectivity index (χ0n) is 12.3. The van der Waals surface area contributed by atoms with Crippen LogP contribution in [0.15, 0.2) is 25.3 Å². The fraction of sp³-hybridized carbons (Fsp3) is 0.571. The van der Waals surface area contributed by atoms with E-state index in [0.717, 1.165) is 36.4 Å². The molecule has 112 valence electrons. The van der Waals surface area contributed by atoms with E-state index < -0.39 is 0 Å². The fourth-order valence-electron chi connectivity index (χ4n) is 1.80. The second kappa shape index (κ2) is 8.21. The maximum atomic E-state index is 5.40. The van der Waals surface area contributed by atoms with Crippen LogP contribution in [0.3, 0.4) is 0 Å². The van der Waals surface area contributed by atoms with Gasteiger partial charge in [-0.2, -0.15) is 0 Å². The van der Waals surface area contributed by atoms with Crippen LogP contribution in [-0.2, 0) is 0 Å². The zero-order valence-corrected chi connectivity index (χ0v) is 13.9. The van der Waals surface area contributed by atoms with Gasteiger partial charge in [-0.15, -0.1) is 13.2 Å². The van der Waals surface area contributed by atoms with Crippen LogP contribution in [0.4, 0.5) is 0 Å². The number of hydrogen-bond donors (Lipinski definition) is 2. The van der Waals surface area contributed by atoms with Crippen LogP contribution < -0.4 is 10.6 Å². The Morgan fingerprint density at radius 1 is 0.900 bits per heavy atom. The maximum Gasteiger partial charge on any atom is 0.169 e. The molecule has 0 unspecified atom stereocenters. The van der Waals surface area contributed by atoms with Gasteiger partial charge in [0.15, 0.2) is 10.2 Å². The van der Waals surface area contributed by atoms with Gasteiger partial charge in [0, 0.05) is 38.3 Å². The van der Waals surface area contributed by atoms with Crippen molar-refractivity contribution in [3.8, 4) is 0 Å². The smallest absolute Gasteiger partial charge is 0.169 e. The van der Waals surface area contributed by atoms with Gasteiger partial charge in [-0.25, -0.2) is 0 Å². The van der Waals surface area contributed by atoms with E-state index in [9.17, 15) is 0 Å². The summed E-state index contributed by atoms with van der Waals surface area (Å²) in [6.07, 6.45) is 3.69. The molecule has 1 fully saturated rings. The number of nitrogens with one attached hydrogen (secondary N) is 2. The Labute approximate surface area is 132 Å². The quantitative estimate of drug-likeness (QED) is 0.604. The van der Waals surface area contributed by atoms with Crippen molar-refractivity contribution in [2.45, 2.75) is 25.9 Å². The number of thiocarbonyl (C=S) groups is 2. The number of nitrogens with zero attached hydrogens (tertiary/aromatic N) is 2. The lowest BCUT2D eigenvalue weighted by atomic mass is 10.3. The van der Waals surface area contributed by atoms with Gasteiger partial charge < -0.3 is 20.4 Å². The first-order valence-corrected chi connectivity index (χ1v) is 7.65. The van der Waals surface area contributed by atoms with Gasteiger partial charge in [-0.3, -0.25) is 0 Å². The Morgan fingerprint density at radius 3 is 1.45 bits per heavy atom. The second-order valence-electron chi connectivity index (χ2n) is 4.92. The van der Waals surface area contributed by atoms with Gasteiger partial charge in [0.05, 0.1) is 0 Å². The Balaban J connectivity index is 2.39. The lowest BCUT2D eigenvalue weighted by molar-refractivity contribution is 0.253. The van der Waals surface area contributed by atoms with E-state index in [1.165, 1.54) is 0 Å². The topological polar surface area (TPSA) is 30.5 Å². The third kappa shape index (κ3) is 5.09. The lowest BCUT2D eigenvalue weighted by Crippen LogP contribution is -2.56. The summed E-state index contributed by atoms with van der Waals surface area (Å²) in [5, 5.41) is 8.06. The highest BCUT2D eigenvalue weighted by atomic mass is 32.1. The van der Waals surface area contributed by atoms with Crippen LogP contribution in [0, 0.1) is 0 Å². The molecule has 0 bridgehead atoms. The Morgan fingerprint density at radius 2 is 1.20 bits per heavy atom. The minimum atomic E-state index is 0.191. The van der Waals surface area contributed by atoms with Gasteiger partial charge in [0.1, 0.15) is 0 Å². The Hall–Kier alpha value is -1.14. The van der Waals surface area contributed by atoms with Crippen molar-refractivity contribution in [1.82, 2.24) is 20.4 Å². The Kier molecular flexibility index (Phi) is 6.95. The molecular formula is C14H24N4S2. The summed E-state index contributed by atoms with van der Waals surface area (Å²) in [5.41, 5.74) is 0. The predicted octanol–water partition coefficient (Wildman–Crippen LogP) is 1.50. The van der Waals surface area contributed by atoms with Crippen molar-refractivity contribution in [3.63, 3.8) is 0 Å². The van der Waals surface area contributed by atoms with Crippen LogP contribution in [0.2, 0.25) is 0 Å². The van der Waals surface area contributed by atoms with E-state index in [4.69, 9.17) is 24.4 Å². The number of piperazine rings is 1. The molecule has 0 aromatic carbocycles. The van der Waals surface area contributed by atoms with Crippen molar-refractivity contribution in [2.24, 2.45) is 0 Å². The first-order valence-electron chi connectivity index (χ1n) is 6.84. The molecule has 0 spiro atoms. The maximum absolute atomic E-state index is 5.40. The van der Waals surface area contributed by atoms with Crippen LogP contribution in [0.1, 0.15) is 13.8 Å². The first kappa shape index (κ1) is 16.9. The lowest BCUT2D eigenvalue weighted by Gasteiger charge is -2.38. The van der Waals surface area contributed by atoms with Crippen molar-refractivity contribution in [3.05, 3.63) is 25.3 Å². The molecule has 1 heterocycles. The average molecular weight is 313 g/mol. The van der Waals surface area contributed by atoms with E-state index in [2.05, 4.69) is 33.6 Å². The van der Waals surface area contributed by atoms with Crippen LogP contribution in [0.25, 0.3) is 0 Å². The van der Waals surface area contributed by atoms with Crippen LogP contribution in [-0.4, -0.2) is 58.3 Å². The second-order valence-corrected chi connectivity index (χ2v) is 5.70. The van der Waals surface area contributed by atoms with E-state index >= 15 is 0 Å². The first-order chi connectivity index (χ1) is 9.47. The standard InChI is InChI=1S/C14H24N4S2/c1-5-11(3)15-13(19)17-7-9-18(10-8-17)14(20)16-12(4)6-2/h5-6,11-12H,1-2,7-10H2,3-4H3,(H,15,19)(H,16,20)/t11-,12+. The van der Waals surface area contributed by atoms with Crippen LogP contribution in [0.5, 0.6) is 0 Å². The molecule has 1 aliphatic rings. The molecule has 1 rings (SSSR count). The van der Waals surface area contributed by atoms with Gasteiger partial charge in [0.2, 0.25) is 0 Å². The summed E-state index contributed by atoms with van der Waals surface area (Å²) in [6, 6.07) is 0.383. The number of hydrogen-bond acceptors (Lipinski definition) is 2. The van der Waals surface area contributed by atoms with Crippen molar-refractivity contribution in [2.75, 3.05) is 26.2 Å². The molecular weight excluding hydrogens is 288 g/mol. The SMILES string of the molecule is C=C[C@@H](C)NC(=S)N1CCN(C(=S)N[C@@H](C)C=C)CC1. The monoisotopic (exact) mass is 312 g/mol. The largest absolute Gasteiger partial charge is 0.357 e. The van der Waals surface area contributed by atoms with Crippen molar-refractivity contribution in [1.29, 1.82) is 0 Å². The molecule has 0 aliphatic carbocycles. The van der Waals surface area contributed by atoms with E-state index in [1.807, 2.05) is 26.0 Å². The van der Waals surface area contributed by atoms with Gasteiger partial charge >= 0.3 is 0 Å². The molecule has 4 nitrogen and oxygen atoms in total. The molecule has 0 saturated carbocycles. The summed E-state index contributed by atoms with van der Waals surface area (Å²) < 4.78 is 0.